The lowest BCUT2D eigenvalue weighted by Crippen LogP contribution is -2.40. The number of thioether (sulfide) groups is 1. The van der Waals surface area contributed by atoms with E-state index in [4.69, 9.17) is 10.5 Å². The number of benzene rings is 1. The van der Waals surface area contributed by atoms with Crippen LogP contribution in [0.15, 0.2) is 45.8 Å². The van der Waals surface area contributed by atoms with Crippen LogP contribution in [-0.4, -0.2) is 41.6 Å². The number of para-hydroxylation sites is 1. The van der Waals surface area contributed by atoms with Crippen LogP contribution in [0, 0.1) is 5.92 Å². The molecule has 6 nitrogen and oxygen atoms in total. The van der Waals surface area contributed by atoms with Gasteiger partial charge in [-0.1, -0.05) is 18.2 Å². The minimum Gasteiger partial charge on any atom is -0.488 e. The summed E-state index contributed by atoms with van der Waals surface area (Å²) < 4.78 is 5.73. The molecule has 0 atom stereocenters. The molecule has 0 spiro atoms. The predicted octanol–water partition coefficient (Wildman–Crippen LogP) is 2.17. The van der Waals surface area contributed by atoms with Gasteiger partial charge in [0.05, 0.1) is 4.91 Å². The Morgan fingerprint density at radius 3 is 2.85 bits per heavy atom. The van der Waals surface area contributed by atoms with Crippen LogP contribution in [0.5, 0.6) is 5.75 Å². The van der Waals surface area contributed by atoms with Crippen molar-refractivity contribution in [2.45, 2.75) is 12.8 Å². The summed E-state index contributed by atoms with van der Waals surface area (Å²) in [7, 11) is 0. The van der Waals surface area contributed by atoms with Gasteiger partial charge in [-0.15, -0.1) is 0 Å². The maximum atomic E-state index is 12.3. The number of amides is 2. The molecule has 3 heterocycles. The van der Waals surface area contributed by atoms with Crippen LogP contribution in [-0.2, 0) is 9.59 Å². The molecule has 0 aromatic heterocycles. The quantitative estimate of drug-likeness (QED) is 0.808. The number of hydrogen-bond donors (Lipinski definition) is 1. The summed E-state index contributed by atoms with van der Waals surface area (Å²) >= 11 is 1.38. The van der Waals surface area contributed by atoms with E-state index in [1.165, 1.54) is 11.8 Å². The third-order valence-corrected chi connectivity index (χ3v) is 5.79. The maximum Gasteiger partial charge on any atom is 0.286 e. The Balaban J connectivity index is 1.45. The molecule has 2 amide bonds. The summed E-state index contributed by atoms with van der Waals surface area (Å²) in [6, 6.07) is 7.82. The Kier molecular flexibility index (Phi) is 4.55. The van der Waals surface area contributed by atoms with Crippen molar-refractivity contribution < 1.29 is 14.3 Å². The molecular weight excluding hydrogens is 350 g/mol. The summed E-state index contributed by atoms with van der Waals surface area (Å²) in [6.45, 7) is 1.83. The van der Waals surface area contributed by atoms with Crippen molar-refractivity contribution in [3.8, 4) is 5.75 Å². The SMILES string of the molecule is NC(=O)C1CCN(C2=NC(=O)C(=CC3=Cc4ccccc4OC3)S2)CC1. The van der Waals surface area contributed by atoms with Crippen LogP contribution in [0.25, 0.3) is 6.08 Å². The molecule has 0 unspecified atom stereocenters. The standard InChI is InChI=1S/C19H19N3O3S/c20-17(23)13-5-7-22(8-6-13)19-21-18(24)16(26-19)10-12-9-14-3-1-2-4-15(14)25-11-12/h1-4,9-10,13H,5-8,11H2,(H2,20,23). The van der Waals surface area contributed by atoms with Crippen molar-refractivity contribution in [1.29, 1.82) is 0 Å². The molecule has 1 aromatic rings. The summed E-state index contributed by atoms with van der Waals surface area (Å²) in [5.41, 5.74) is 7.33. The highest BCUT2D eigenvalue weighted by Crippen LogP contribution is 2.33. The van der Waals surface area contributed by atoms with E-state index in [1.54, 1.807) is 0 Å². The number of hydrogen-bond acceptors (Lipinski definition) is 5. The lowest BCUT2D eigenvalue weighted by Gasteiger charge is -2.31. The second-order valence-electron chi connectivity index (χ2n) is 6.52. The van der Waals surface area contributed by atoms with Crippen molar-refractivity contribution in [3.05, 3.63) is 46.4 Å². The van der Waals surface area contributed by atoms with Gasteiger partial charge >= 0.3 is 0 Å². The van der Waals surface area contributed by atoms with Gasteiger partial charge < -0.3 is 15.4 Å². The average molecular weight is 369 g/mol. The van der Waals surface area contributed by atoms with Gasteiger partial charge in [-0.2, -0.15) is 4.99 Å². The molecule has 1 fully saturated rings. The zero-order chi connectivity index (χ0) is 18.1. The highest BCUT2D eigenvalue weighted by Gasteiger charge is 2.30. The third kappa shape index (κ3) is 3.39. The van der Waals surface area contributed by atoms with Gasteiger partial charge in [-0.25, -0.2) is 0 Å². The van der Waals surface area contributed by atoms with Gasteiger partial charge in [0, 0.05) is 24.6 Å². The van der Waals surface area contributed by atoms with Crippen molar-refractivity contribution in [3.63, 3.8) is 0 Å². The molecule has 4 rings (SSSR count). The molecule has 3 aliphatic heterocycles. The molecule has 3 aliphatic rings. The number of fused-ring (bicyclic) bond motifs is 1. The van der Waals surface area contributed by atoms with Crippen LogP contribution in [0.4, 0.5) is 0 Å². The van der Waals surface area contributed by atoms with E-state index in [1.807, 2.05) is 36.4 Å². The Morgan fingerprint density at radius 2 is 2.08 bits per heavy atom. The number of carbonyl (C=O) groups is 2. The first-order valence-electron chi connectivity index (χ1n) is 8.59. The highest BCUT2D eigenvalue weighted by molar-refractivity contribution is 8.18. The van der Waals surface area contributed by atoms with Gasteiger partial charge in [0.2, 0.25) is 5.91 Å². The number of amidine groups is 1. The fourth-order valence-electron chi connectivity index (χ4n) is 3.27. The molecular formula is C19H19N3O3S. The number of likely N-dealkylation sites (tertiary alicyclic amines) is 1. The number of primary amides is 1. The monoisotopic (exact) mass is 369 g/mol. The van der Waals surface area contributed by atoms with Crippen LogP contribution >= 0.6 is 11.8 Å². The second kappa shape index (κ2) is 6.99. The highest BCUT2D eigenvalue weighted by atomic mass is 32.2. The first-order chi connectivity index (χ1) is 12.6. The molecule has 1 aromatic carbocycles. The number of piperidine rings is 1. The molecule has 0 aliphatic carbocycles. The fourth-order valence-corrected chi connectivity index (χ4v) is 4.25. The average Bonchev–Trinajstić information content (AvgIpc) is 3.02. The number of nitrogens with zero attached hydrogens (tertiary/aromatic N) is 2. The Bertz CT molecular complexity index is 851. The Labute approximate surface area is 155 Å². The van der Waals surface area contributed by atoms with Gasteiger partial charge in [0.25, 0.3) is 5.91 Å². The van der Waals surface area contributed by atoms with Gasteiger partial charge in [0.15, 0.2) is 5.17 Å². The molecule has 2 N–H and O–H groups in total. The van der Waals surface area contributed by atoms with E-state index in [9.17, 15) is 9.59 Å². The van der Waals surface area contributed by atoms with Crippen molar-refractivity contribution in [2.75, 3.05) is 19.7 Å². The Morgan fingerprint density at radius 1 is 1.31 bits per heavy atom. The van der Waals surface area contributed by atoms with E-state index in [-0.39, 0.29) is 17.7 Å². The molecule has 0 bridgehead atoms. The van der Waals surface area contributed by atoms with Crippen molar-refractivity contribution in [1.82, 2.24) is 4.90 Å². The first-order valence-corrected chi connectivity index (χ1v) is 9.41. The van der Waals surface area contributed by atoms with E-state index in [0.717, 1.165) is 16.9 Å². The molecule has 26 heavy (non-hydrogen) atoms. The largest absolute Gasteiger partial charge is 0.488 e. The zero-order valence-electron chi connectivity index (χ0n) is 14.2. The summed E-state index contributed by atoms with van der Waals surface area (Å²) in [4.78, 5) is 30.4. The van der Waals surface area contributed by atoms with E-state index >= 15 is 0 Å². The summed E-state index contributed by atoms with van der Waals surface area (Å²) in [5.74, 6) is 0.316. The zero-order valence-corrected chi connectivity index (χ0v) is 15.0. The molecule has 1 saturated heterocycles. The number of nitrogens with two attached hydrogens (primary N) is 1. The predicted molar refractivity (Wildman–Crippen MR) is 102 cm³/mol. The molecule has 7 heteroatoms. The van der Waals surface area contributed by atoms with Gasteiger partial charge in [-0.05, 0) is 48.4 Å². The number of aliphatic imine (C=N–C) groups is 1. The number of carbonyl (C=O) groups excluding carboxylic acids is 2. The summed E-state index contributed by atoms with van der Waals surface area (Å²) in [5, 5.41) is 0.710. The smallest absolute Gasteiger partial charge is 0.286 e. The number of rotatable bonds is 2. The van der Waals surface area contributed by atoms with E-state index in [2.05, 4.69) is 9.89 Å². The third-order valence-electron chi connectivity index (χ3n) is 4.75. The van der Waals surface area contributed by atoms with Gasteiger partial charge in [0.1, 0.15) is 12.4 Å². The Hall–Kier alpha value is -2.54. The summed E-state index contributed by atoms with van der Waals surface area (Å²) in [6.07, 6.45) is 5.31. The van der Waals surface area contributed by atoms with Crippen LogP contribution < -0.4 is 10.5 Å². The minimum atomic E-state index is -0.244. The van der Waals surface area contributed by atoms with Crippen LogP contribution in [0.2, 0.25) is 0 Å². The van der Waals surface area contributed by atoms with Crippen LogP contribution in [0.3, 0.4) is 0 Å². The minimum absolute atomic E-state index is 0.0754. The molecule has 134 valence electrons. The fraction of sp³-hybridized carbons (Fsp3) is 0.316. The topological polar surface area (TPSA) is 85.0 Å². The maximum absolute atomic E-state index is 12.3. The lowest BCUT2D eigenvalue weighted by molar-refractivity contribution is -0.123. The number of ether oxygens (including phenoxy) is 1. The lowest BCUT2D eigenvalue weighted by atomic mass is 9.97. The molecule has 0 radical (unpaired) electrons. The van der Waals surface area contributed by atoms with Crippen molar-refractivity contribution >= 4 is 34.8 Å². The van der Waals surface area contributed by atoms with E-state index in [0.29, 0.717) is 42.6 Å². The normalized spacial score (nSPS) is 21.9. The van der Waals surface area contributed by atoms with Gasteiger partial charge in [-0.3, -0.25) is 9.59 Å². The van der Waals surface area contributed by atoms with Crippen molar-refractivity contribution in [2.24, 2.45) is 16.6 Å². The van der Waals surface area contributed by atoms with Crippen LogP contribution in [0.1, 0.15) is 18.4 Å². The molecule has 0 saturated carbocycles. The first kappa shape index (κ1) is 16.9. The second-order valence-corrected chi connectivity index (χ2v) is 7.53. The van der Waals surface area contributed by atoms with E-state index < -0.39 is 0 Å².